The maximum atomic E-state index is 5.74. The number of benzene rings is 1. The number of nitrogens with zero attached hydrogens (tertiary/aromatic N) is 1. The zero-order chi connectivity index (χ0) is 10.4. The monoisotopic (exact) mass is 211 g/mol. The second-order valence-corrected chi connectivity index (χ2v) is 3.83. The summed E-state index contributed by atoms with van der Waals surface area (Å²) in [7, 11) is 0. The third-order valence-corrected chi connectivity index (χ3v) is 1.83. The maximum absolute atomic E-state index is 5.74. The standard InChI is InChI=1S/C11H14ClNO/c1-9(2)7-13-14-8-10-3-5-11(12)6-4-10/h3-7,9H,8H2,1-2H3. The van der Waals surface area contributed by atoms with E-state index < -0.39 is 0 Å². The fourth-order valence-electron chi connectivity index (χ4n) is 0.857. The third kappa shape index (κ3) is 4.28. The van der Waals surface area contributed by atoms with Crippen LogP contribution in [0.4, 0.5) is 0 Å². The van der Waals surface area contributed by atoms with E-state index in [1.54, 1.807) is 6.21 Å². The van der Waals surface area contributed by atoms with Crippen molar-refractivity contribution in [2.24, 2.45) is 11.1 Å². The molecule has 0 fully saturated rings. The van der Waals surface area contributed by atoms with Gasteiger partial charge in [-0.3, -0.25) is 0 Å². The summed E-state index contributed by atoms with van der Waals surface area (Å²) in [4.78, 5) is 5.10. The van der Waals surface area contributed by atoms with Gasteiger partial charge in [-0.15, -0.1) is 0 Å². The molecular formula is C11H14ClNO. The summed E-state index contributed by atoms with van der Waals surface area (Å²) < 4.78 is 0. The van der Waals surface area contributed by atoms with Crippen LogP contribution in [0, 0.1) is 5.92 Å². The van der Waals surface area contributed by atoms with Gasteiger partial charge in [-0.1, -0.05) is 42.7 Å². The molecule has 1 aromatic carbocycles. The Balaban J connectivity index is 2.35. The first kappa shape index (κ1) is 11.1. The Bertz CT molecular complexity index is 293. The highest BCUT2D eigenvalue weighted by molar-refractivity contribution is 6.30. The molecule has 0 spiro atoms. The quantitative estimate of drug-likeness (QED) is 0.552. The summed E-state index contributed by atoms with van der Waals surface area (Å²) in [5.41, 5.74) is 1.07. The largest absolute Gasteiger partial charge is 0.391 e. The topological polar surface area (TPSA) is 21.6 Å². The highest BCUT2D eigenvalue weighted by Crippen LogP contribution is 2.10. The average Bonchev–Trinajstić information content (AvgIpc) is 2.15. The summed E-state index contributed by atoms with van der Waals surface area (Å²) in [6.07, 6.45) is 1.77. The molecular weight excluding hydrogens is 198 g/mol. The van der Waals surface area contributed by atoms with Gasteiger partial charge in [-0.25, -0.2) is 0 Å². The van der Waals surface area contributed by atoms with Gasteiger partial charge >= 0.3 is 0 Å². The van der Waals surface area contributed by atoms with Crippen LogP contribution in [0.1, 0.15) is 19.4 Å². The van der Waals surface area contributed by atoms with E-state index in [0.717, 1.165) is 10.6 Å². The van der Waals surface area contributed by atoms with Crippen LogP contribution in [0.25, 0.3) is 0 Å². The van der Waals surface area contributed by atoms with Gasteiger partial charge in [0.15, 0.2) is 0 Å². The lowest BCUT2D eigenvalue weighted by atomic mass is 10.2. The van der Waals surface area contributed by atoms with Crippen LogP contribution >= 0.6 is 11.6 Å². The summed E-state index contributed by atoms with van der Waals surface area (Å²) in [6.45, 7) is 4.59. The SMILES string of the molecule is CC(C)C=NOCc1ccc(Cl)cc1. The van der Waals surface area contributed by atoms with Gasteiger partial charge in [-0.05, 0) is 23.6 Å². The van der Waals surface area contributed by atoms with Crippen molar-refractivity contribution in [3.05, 3.63) is 34.9 Å². The molecule has 0 heterocycles. The van der Waals surface area contributed by atoms with Crippen molar-refractivity contribution in [1.82, 2.24) is 0 Å². The van der Waals surface area contributed by atoms with Gasteiger partial charge in [0, 0.05) is 11.2 Å². The zero-order valence-electron chi connectivity index (χ0n) is 8.40. The average molecular weight is 212 g/mol. The molecule has 3 heteroatoms. The van der Waals surface area contributed by atoms with Crippen molar-refractivity contribution in [2.75, 3.05) is 0 Å². The first-order chi connectivity index (χ1) is 6.68. The van der Waals surface area contributed by atoms with Crippen molar-refractivity contribution in [3.63, 3.8) is 0 Å². The van der Waals surface area contributed by atoms with E-state index in [-0.39, 0.29) is 0 Å². The lowest BCUT2D eigenvalue weighted by Crippen LogP contribution is -1.90. The molecule has 2 nitrogen and oxygen atoms in total. The fraction of sp³-hybridized carbons (Fsp3) is 0.364. The van der Waals surface area contributed by atoms with E-state index in [2.05, 4.69) is 19.0 Å². The molecule has 0 N–H and O–H groups in total. The summed E-state index contributed by atoms with van der Waals surface area (Å²) >= 11 is 5.74. The number of hydrogen-bond acceptors (Lipinski definition) is 2. The van der Waals surface area contributed by atoms with Crippen LogP contribution in [-0.2, 0) is 11.4 Å². The van der Waals surface area contributed by atoms with E-state index >= 15 is 0 Å². The highest BCUT2D eigenvalue weighted by Gasteiger charge is 1.92. The molecule has 0 saturated carbocycles. The molecule has 0 aliphatic rings. The van der Waals surface area contributed by atoms with E-state index in [9.17, 15) is 0 Å². The van der Waals surface area contributed by atoms with E-state index in [4.69, 9.17) is 16.4 Å². The lowest BCUT2D eigenvalue weighted by Gasteiger charge is -2.00. The molecule has 76 valence electrons. The lowest BCUT2D eigenvalue weighted by molar-refractivity contribution is 0.131. The number of oxime groups is 1. The second kappa shape index (κ2) is 5.66. The molecule has 0 bridgehead atoms. The van der Waals surface area contributed by atoms with E-state index in [1.165, 1.54) is 0 Å². The Labute approximate surface area is 89.5 Å². The predicted octanol–water partition coefficient (Wildman–Crippen LogP) is 3.50. The second-order valence-electron chi connectivity index (χ2n) is 3.40. The Morgan fingerprint density at radius 2 is 2.00 bits per heavy atom. The molecule has 0 aromatic heterocycles. The van der Waals surface area contributed by atoms with Crippen LogP contribution < -0.4 is 0 Å². The number of halogens is 1. The fourth-order valence-corrected chi connectivity index (χ4v) is 0.983. The van der Waals surface area contributed by atoms with Crippen LogP contribution in [0.2, 0.25) is 5.02 Å². The van der Waals surface area contributed by atoms with Crippen LogP contribution in [0.3, 0.4) is 0 Å². The van der Waals surface area contributed by atoms with Crippen molar-refractivity contribution in [1.29, 1.82) is 0 Å². The Kier molecular flexibility index (Phi) is 4.47. The first-order valence-corrected chi connectivity index (χ1v) is 4.96. The predicted molar refractivity (Wildman–Crippen MR) is 59.6 cm³/mol. The van der Waals surface area contributed by atoms with Crippen molar-refractivity contribution >= 4 is 17.8 Å². The number of hydrogen-bond donors (Lipinski definition) is 0. The zero-order valence-corrected chi connectivity index (χ0v) is 9.16. The first-order valence-electron chi connectivity index (χ1n) is 4.58. The molecule has 14 heavy (non-hydrogen) atoms. The molecule has 0 unspecified atom stereocenters. The minimum atomic E-state index is 0.417. The Hall–Kier alpha value is -1.02. The minimum Gasteiger partial charge on any atom is -0.391 e. The van der Waals surface area contributed by atoms with Crippen LogP contribution in [0.15, 0.2) is 29.4 Å². The van der Waals surface area contributed by atoms with Gasteiger partial charge in [-0.2, -0.15) is 0 Å². The smallest absolute Gasteiger partial charge is 0.142 e. The van der Waals surface area contributed by atoms with Crippen LogP contribution in [-0.4, -0.2) is 6.21 Å². The van der Waals surface area contributed by atoms with Crippen molar-refractivity contribution in [3.8, 4) is 0 Å². The van der Waals surface area contributed by atoms with Gasteiger partial charge < -0.3 is 4.84 Å². The summed E-state index contributed by atoms with van der Waals surface area (Å²) in [5, 5.41) is 4.57. The molecule has 1 rings (SSSR count). The molecule has 0 aliphatic heterocycles. The van der Waals surface area contributed by atoms with Crippen molar-refractivity contribution < 1.29 is 4.84 Å². The van der Waals surface area contributed by atoms with Gasteiger partial charge in [0.1, 0.15) is 6.61 Å². The molecule has 0 atom stereocenters. The minimum absolute atomic E-state index is 0.417. The van der Waals surface area contributed by atoms with Crippen molar-refractivity contribution in [2.45, 2.75) is 20.5 Å². The van der Waals surface area contributed by atoms with Gasteiger partial charge in [0.05, 0.1) is 0 Å². The third-order valence-electron chi connectivity index (χ3n) is 1.58. The maximum Gasteiger partial charge on any atom is 0.142 e. The normalized spacial score (nSPS) is 11.1. The Morgan fingerprint density at radius 1 is 1.36 bits per heavy atom. The van der Waals surface area contributed by atoms with Crippen LogP contribution in [0.5, 0.6) is 0 Å². The molecule has 0 radical (unpaired) electrons. The summed E-state index contributed by atoms with van der Waals surface area (Å²) in [5.74, 6) is 0.417. The van der Waals surface area contributed by atoms with Gasteiger partial charge in [0.2, 0.25) is 0 Å². The molecule has 0 saturated heterocycles. The molecule has 0 amide bonds. The molecule has 1 aromatic rings. The molecule has 0 aliphatic carbocycles. The summed E-state index contributed by atoms with van der Waals surface area (Å²) in [6, 6.07) is 7.53. The Morgan fingerprint density at radius 3 is 2.57 bits per heavy atom. The highest BCUT2D eigenvalue weighted by atomic mass is 35.5. The number of rotatable bonds is 4. The van der Waals surface area contributed by atoms with E-state index in [0.29, 0.717) is 12.5 Å². The van der Waals surface area contributed by atoms with Gasteiger partial charge in [0.25, 0.3) is 0 Å². The van der Waals surface area contributed by atoms with E-state index in [1.807, 2.05) is 24.3 Å².